The third kappa shape index (κ3) is 3.03. The zero-order valence-electron chi connectivity index (χ0n) is 12.3. The molecule has 1 N–H and O–H groups in total. The Balaban J connectivity index is 1.70. The fourth-order valence-electron chi connectivity index (χ4n) is 2.60. The largest absolute Gasteiger partial charge is 0.350 e. The van der Waals surface area contributed by atoms with E-state index in [4.69, 9.17) is 11.6 Å². The number of carbonyl (C=O) groups excluding carboxylic acids is 1. The van der Waals surface area contributed by atoms with Crippen LogP contribution < -0.4 is 5.32 Å². The summed E-state index contributed by atoms with van der Waals surface area (Å²) in [4.78, 5) is 12.4. The maximum absolute atomic E-state index is 12.4. The average molecular weight is 333 g/mol. The molecule has 0 atom stereocenters. The standard InChI is InChI=1S/C17H17ClN2OS/c1-2-20-13-11-16(18)22-15(13)10-14(20)17(21)19-9-8-12-6-4-3-5-7-12/h3-7,10-11H,2,8-9H2,1H3,(H,19,21). The number of hydrogen-bond acceptors (Lipinski definition) is 2. The molecule has 0 saturated heterocycles. The van der Waals surface area contributed by atoms with Crippen LogP contribution in [-0.2, 0) is 13.0 Å². The summed E-state index contributed by atoms with van der Waals surface area (Å²) in [6, 6.07) is 14.0. The van der Waals surface area contributed by atoms with Crippen LogP contribution in [0.2, 0.25) is 4.34 Å². The highest BCUT2D eigenvalue weighted by Crippen LogP contribution is 2.32. The second-order valence-electron chi connectivity index (χ2n) is 5.07. The fourth-order valence-corrected chi connectivity index (χ4v) is 3.77. The molecular formula is C17H17ClN2OS. The van der Waals surface area contributed by atoms with Crippen molar-refractivity contribution in [3.05, 3.63) is 58.1 Å². The van der Waals surface area contributed by atoms with Gasteiger partial charge in [-0.05, 0) is 31.0 Å². The monoisotopic (exact) mass is 332 g/mol. The molecule has 22 heavy (non-hydrogen) atoms. The maximum atomic E-state index is 12.4. The number of nitrogens with one attached hydrogen (secondary N) is 1. The summed E-state index contributed by atoms with van der Waals surface area (Å²) in [5, 5.41) is 3.00. The number of amides is 1. The summed E-state index contributed by atoms with van der Waals surface area (Å²) in [7, 11) is 0. The van der Waals surface area contributed by atoms with E-state index in [1.807, 2.05) is 41.8 Å². The van der Waals surface area contributed by atoms with Crippen molar-refractivity contribution in [1.82, 2.24) is 9.88 Å². The normalized spacial score (nSPS) is 11.0. The van der Waals surface area contributed by atoms with Crippen LogP contribution in [-0.4, -0.2) is 17.0 Å². The molecule has 114 valence electrons. The van der Waals surface area contributed by atoms with Crippen molar-refractivity contribution >= 4 is 39.1 Å². The van der Waals surface area contributed by atoms with Gasteiger partial charge in [0.15, 0.2) is 0 Å². The Labute approximate surface area is 138 Å². The van der Waals surface area contributed by atoms with Gasteiger partial charge >= 0.3 is 0 Å². The number of aromatic nitrogens is 1. The van der Waals surface area contributed by atoms with Crippen molar-refractivity contribution in [2.75, 3.05) is 6.54 Å². The molecule has 0 aliphatic rings. The van der Waals surface area contributed by atoms with Crippen molar-refractivity contribution in [3.63, 3.8) is 0 Å². The van der Waals surface area contributed by atoms with E-state index in [1.54, 1.807) is 0 Å². The van der Waals surface area contributed by atoms with Gasteiger partial charge in [-0.2, -0.15) is 0 Å². The predicted molar refractivity (Wildman–Crippen MR) is 93.0 cm³/mol. The Morgan fingerprint density at radius 2 is 2.05 bits per heavy atom. The Kier molecular flexibility index (Phi) is 4.50. The summed E-state index contributed by atoms with van der Waals surface area (Å²) in [6.45, 7) is 3.41. The van der Waals surface area contributed by atoms with Gasteiger partial charge in [-0.3, -0.25) is 4.79 Å². The fraction of sp³-hybridized carbons (Fsp3) is 0.235. The first-order valence-electron chi connectivity index (χ1n) is 7.29. The topological polar surface area (TPSA) is 34.0 Å². The van der Waals surface area contributed by atoms with Crippen LogP contribution in [0.1, 0.15) is 23.0 Å². The van der Waals surface area contributed by atoms with Gasteiger partial charge in [0.25, 0.3) is 5.91 Å². The smallest absolute Gasteiger partial charge is 0.267 e. The first-order valence-corrected chi connectivity index (χ1v) is 8.49. The molecule has 3 aromatic rings. The second kappa shape index (κ2) is 6.55. The minimum Gasteiger partial charge on any atom is -0.350 e. The number of thiophene rings is 1. The van der Waals surface area contributed by atoms with Gasteiger partial charge in [-0.25, -0.2) is 0 Å². The van der Waals surface area contributed by atoms with E-state index in [1.165, 1.54) is 16.9 Å². The minimum atomic E-state index is -0.0303. The lowest BCUT2D eigenvalue weighted by Gasteiger charge is -2.08. The maximum Gasteiger partial charge on any atom is 0.267 e. The third-order valence-electron chi connectivity index (χ3n) is 3.65. The molecule has 0 unspecified atom stereocenters. The summed E-state index contributed by atoms with van der Waals surface area (Å²) >= 11 is 7.55. The van der Waals surface area contributed by atoms with Gasteiger partial charge in [0.05, 0.1) is 14.6 Å². The Morgan fingerprint density at radius 1 is 1.27 bits per heavy atom. The van der Waals surface area contributed by atoms with Crippen LogP contribution in [0.4, 0.5) is 0 Å². The van der Waals surface area contributed by atoms with E-state index in [0.717, 1.165) is 27.5 Å². The Morgan fingerprint density at radius 3 is 2.77 bits per heavy atom. The van der Waals surface area contributed by atoms with Crippen LogP contribution in [0.15, 0.2) is 42.5 Å². The van der Waals surface area contributed by atoms with E-state index >= 15 is 0 Å². The van der Waals surface area contributed by atoms with Crippen molar-refractivity contribution in [1.29, 1.82) is 0 Å². The van der Waals surface area contributed by atoms with Gasteiger partial charge in [-0.1, -0.05) is 41.9 Å². The molecule has 0 aliphatic heterocycles. The minimum absolute atomic E-state index is 0.0303. The number of aryl methyl sites for hydroxylation is 1. The molecule has 0 saturated carbocycles. The van der Waals surface area contributed by atoms with Crippen molar-refractivity contribution < 1.29 is 4.79 Å². The molecule has 0 bridgehead atoms. The van der Waals surface area contributed by atoms with Gasteiger partial charge in [0, 0.05) is 13.1 Å². The second-order valence-corrected chi connectivity index (χ2v) is 6.78. The van der Waals surface area contributed by atoms with Crippen LogP contribution in [0.3, 0.4) is 0 Å². The lowest BCUT2D eigenvalue weighted by Crippen LogP contribution is -2.27. The van der Waals surface area contributed by atoms with Gasteiger partial charge in [0.1, 0.15) is 5.69 Å². The van der Waals surface area contributed by atoms with E-state index in [-0.39, 0.29) is 5.91 Å². The van der Waals surface area contributed by atoms with E-state index in [2.05, 4.69) is 17.4 Å². The van der Waals surface area contributed by atoms with E-state index < -0.39 is 0 Å². The summed E-state index contributed by atoms with van der Waals surface area (Å²) < 4.78 is 3.82. The van der Waals surface area contributed by atoms with Gasteiger partial charge in [-0.15, -0.1) is 11.3 Å². The first kappa shape index (κ1) is 15.1. The molecule has 2 aromatic heterocycles. The molecule has 0 fully saturated rings. The number of fused-ring (bicyclic) bond motifs is 1. The quantitative estimate of drug-likeness (QED) is 0.740. The summed E-state index contributed by atoms with van der Waals surface area (Å²) in [6.07, 6.45) is 0.833. The molecule has 2 heterocycles. The molecule has 0 spiro atoms. The Bertz CT molecular complexity index is 792. The summed E-state index contributed by atoms with van der Waals surface area (Å²) in [5.41, 5.74) is 2.96. The van der Waals surface area contributed by atoms with Crippen LogP contribution in [0.5, 0.6) is 0 Å². The number of nitrogens with zero attached hydrogens (tertiary/aromatic N) is 1. The number of hydrogen-bond donors (Lipinski definition) is 1. The number of rotatable bonds is 5. The zero-order chi connectivity index (χ0) is 15.5. The average Bonchev–Trinajstić information content (AvgIpc) is 3.03. The highest BCUT2D eigenvalue weighted by molar-refractivity contribution is 7.22. The van der Waals surface area contributed by atoms with E-state index in [0.29, 0.717) is 12.2 Å². The third-order valence-corrected chi connectivity index (χ3v) is 4.85. The lowest BCUT2D eigenvalue weighted by atomic mass is 10.1. The number of carbonyl (C=O) groups is 1. The SMILES string of the molecule is CCn1c(C(=O)NCCc2ccccc2)cc2sc(Cl)cc21. The molecular weight excluding hydrogens is 316 g/mol. The molecule has 0 radical (unpaired) electrons. The zero-order valence-corrected chi connectivity index (χ0v) is 13.9. The van der Waals surface area contributed by atoms with Crippen molar-refractivity contribution in [2.24, 2.45) is 0 Å². The molecule has 5 heteroatoms. The predicted octanol–water partition coefficient (Wildman–Crippen LogP) is 4.35. The molecule has 1 aromatic carbocycles. The molecule has 3 rings (SSSR count). The lowest BCUT2D eigenvalue weighted by molar-refractivity contribution is 0.0945. The van der Waals surface area contributed by atoms with Gasteiger partial charge < -0.3 is 9.88 Å². The van der Waals surface area contributed by atoms with Crippen molar-refractivity contribution in [3.8, 4) is 0 Å². The number of halogens is 1. The molecule has 0 aliphatic carbocycles. The first-order chi connectivity index (χ1) is 10.7. The summed E-state index contributed by atoms with van der Waals surface area (Å²) in [5.74, 6) is -0.0303. The highest BCUT2D eigenvalue weighted by Gasteiger charge is 2.16. The molecule has 3 nitrogen and oxygen atoms in total. The van der Waals surface area contributed by atoms with Crippen LogP contribution in [0, 0.1) is 0 Å². The van der Waals surface area contributed by atoms with Crippen LogP contribution >= 0.6 is 22.9 Å². The van der Waals surface area contributed by atoms with Gasteiger partial charge in [0.2, 0.25) is 0 Å². The Hall–Kier alpha value is -1.78. The van der Waals surface area contributed by atoms with Crippen molar-refractivity contribution in [2.45, 2.75) is 19.9 Å². The van der Waals surface area contributed by atoms with Crippen LogP contribution in [0.25, 0.3) is 10.2 Å². The number of benzene rings is 1. The molecule has 1 amide bonds. The highest BCUT2D eigenvalue weighted by atomic mass is 35.5. The van der Waals surface area contributed by atoms with E-state index in [9.17, 15) is 4.79 Å².